The van der Waals surface area contributed by atoms with Crippen LogP contribution in [0.25, 0.3) is 0 Å². The first-order valence-corrected chi connectivity index (χ1v) is 8.48. The van der Waals surface area contributed by atoms with Gasteiger partial charge in [-0.3, -0.25) is 4.68 Å². The van der Waals surface area contributed by atoms with Crippen molar-refractivity contribution < 1.29 is 4.74 Å². The lowest BCUT2D eigenvalue weighted by atomic mass is 9.89. The van der Waals surface area contributed by atoms with Crippen LogP contribution in [0.1, 0.15) is 57.7 Å². The number of hydrogen-bond acceptors (Lipinski definition) is 3. The van der Waals surface area contributed by atoms with E-state index >= 15 is 0 Å². The molecular formula is C15H26BrN3O. The Hall–Kier alpha value is -0.390. The average molecular weight is 344 g/mol. The number of aryl methyl sites for hydroxylation is 1. The van der Waals surface area contributed by atoms with E-state index in [4.69, 9.17) is 4.74 Å². The lowest BCUT2D eigenvalue weighted by Gasteiger charge is -2.38. The van der Waals surface area contributed by atoms with Gasteiger partial charge in [-0.1, -0.05) is 19.8 Å². The van der Waals surface area contributed by atoms with Gasteiger partial charge < -0.3 is 10.1 Å². The number of nitrogens with one attached hydrogen (secondary N) is 1. The maximum atomic E-state index is 6.26. The SMILES string of the molecule is CCCNC(c1c(Br)cnn1C)C1(OCC)CCCC1. The minimum atomic E-state index is -0.0831. The third-order valence-corrected chi connectivity index (χ3v) is 4.83. The largest absolute Gasteiger partial charge is 0.373 e. The Morgan fingerprint density at radius 2 is 2.15 bits per heavy atom. The third-order valence-electron chi connectivity index (χ3n) is 4.22. The van der Waals surface area contributed by atoms with Gasteiger partial charge in [0, 0.05) is 13.7 Å². The predicted molar refractivity (Wildman–Crippen MR) is 84.8 cm³/mol. The monoisotopic (exact) mass is 343 g/mol. The summed E-state index contributed by atoms with van der Waals surface area (Å²) in [6.45, 7) is 6.05. The Balaban J connectivity index is 2.35. The minimum Gasteiger partial charge on any atom is -0.373 e. The molecule has 20 heavy (non-hydrogen) atoms. The number of ether oxygens (including phenoxy) is 1. The van der Waals surface area contributed by atoms with E-state index in [0.717, 1.165) is 36.9 Å². The van der Waals surface area contributed by atoms with Gasteiger partial charge in [-0.25, -0.2) is 0 Å². The fraction of sp³-hybridized carbons (Fsp3) is 0.800. The van der Waals surface area contributed by atoms with Crippen LogP contribution in [0.2, 0.25) is 0 Å². The van der Waals surface area contributed by atoms with Crippen molar-refractivity contribution >= 4 is 15.9 Å². The van der Waals surface area contributed by atoms with E-state index in [1.807, 2.05) is 17.9 Å². The summed E-state index contributed by atoms with van der Waals surface area (Å²) in [4.78, 5) is 0. The van der Waals surface area contributed by atoms with Crippen LogP contribution in [-0.4, -0.2) is 28.5 Å². The molecule has 2 rings (SSSR count). The normalized spacial score (nSPS) is 19.4. The lowest BCUT2D eigenvalue weighted by Crippen LogP contribution is -2.45. The molecule has 4 nitrogen and oxygen atoms in total. The van der Waals surface area contributed by atoms with Gasteiger partial charge in [0.25, 0.3) is 0 Å². The molecule has 1 atom stereocenters. The highest BCUT2D eigenvalue weighted by molar-refractivity contribution is 9.10. The number of halogens is 1. The molecule has 0 radical (unpaired) electrons. The van der Waals surface area contributed by atoms with Gasteiger partial charge in [-0.05, 0) is 48.7 Å². The molecule has 1 unspecified atom stereocenters. The smallest absolute Gasteiger partial charge is 0.0891 e. The molecule has 5 heteroatoms. The zero-order valence-corrected chi connectivity index (χ0v) is 14.4. The van der Waals surface area contributed by atoms with Crippen LogP contribution < -0.4 is 5.32 Å². The minimum absolute atomic E-state index is 0.0831. The first kappa shape index (κ1) is 16.0. The van der Waals surface area contributed by atoms with Crippen molar-refractivity contribution in [3.05, 3.63) is 16.4 Å². The number of aromatic nitrogens is 2. The predicted octanol–water partition coefficient (Wildman–Crippen LogP) is 3.57. The maximum Gasteiger partial charge on any atom is 0.0891 e. The molecule has 1 aliphatic carbocycles. The van der Waals surface area contributed by atoms with Gasteiger partial charge in [0.05, 0.1) is 28.0 Å². The summed E-state index contributed by atoms with van der Waals surface area (Å²) < 4.78 is 9.30. The highest BCUT2D eigenvalue weighted by atomic mass is 79.9. The standard InChI is InChI=1S/C15H26BrN3O/c1-4-10-17-14(13-12(16)11-18-19(13)3)15(20-5-2)8-6-7-9-15/h11,14,17H,4-10H2,1-3H3. The average Bonchev–Trinajstić information content (AvgIpc) is 3.01. The number of nitrogens with zero attached hydrogens (tertiary/aromatic N) is 2. The van der Waals surface area contributed by atoms with E-state index in [1.54, 1.807) is 0 Å². The Labute approximate surface area is 130 Å². The zero-order chi connectivity index (χ0) is 14.6. The summed E-state index contributed by atoms with van der Waals surface area (Å²) in [5.74, 6) is 0. The van der Waals surface area contributed by atoms with E-state index in [-0.39, 0.29) is 11.6 Å². The van der Waals surface area contributed by atoms with E-state index in [1.165, 1.54) is 18.5 Å². The molecule has 0 aliphatic heterocycles. The third kappa shape index (κ3) is 3.10. The molecule has 0 aromatic carbocycles. The molecule has 1 saturated carbocycles. The van der Waals surface area contributed by atoms with Crippen molar-refractivity contribution in [3.63, 3.8) is 0 Å². The lowest BCUT2D eigenvalue weighted by molar-refractivity contribution is -0.0644. The fourth-order valence-corrected chi connectivity index (χ4v) is 3.92. The van der Waals surface area contributed by atoms with Crippen LogP contribution in [0, 0.1) is 0 Å². The molecule has 1 fully saturated rings. The molecular weight excluding hydrogens is 318 g/mol. The van der Waals surface area contributed by atoms with Crippen molar-refractivity contribution in [2.45, 2.75) is 57.6 Å². The van der Waals surface area contributed by atoms with Crippen LogP contribution in [-0.2, 0) is 11.8 Å². The summed E-state index contributed by atoms with van der Waals surface area (Å²) >= 11 is 3.65. The maximum absolute atomic E-state index is 6.26. The van der Waals surface area contributed by atoms with Crippen molar-refractivity contribution in [1.29, 1.82) is 0 Å². The van der Waals surface area contributed by atoms with E-state index in [2.05, 4.69) is 40.2 Å². The topological polar surface area (TPSA) is 39.1 Å². The van der Waals surface area contributed by atoms with Crippen LogP contribution in [0.5, 0.6) is 0 Å². The van der Waals surface area contributed by atoms with Crippen molar-refractivity contribution in [1.82, 2.24) is 15.1 Å². The van der Waals surface area contributed by atoms with Gasteiger partial charge in [0.15, 0.2) is 0 Å². The van der Waals surface area contributed by atoms with E-state index < -0.39 is 0 Å². The van der Waals surface area contributed by atoms with E-state index in [9.17, 15) is 0 Å². The molecule has 0 spiro atoms. The fourth-order valence-electron chi connectivity index (χ4n) is 3.34. The second-order valence-corrected chi connectivity index (χ2v) is 6.45. The Bertz CT molecular complexity index is 407. The van der Waals surface area contributed by atoms with Crippen molar-refractivity contribution in [2.75, 3.05) is 13.2 Å². The highest BCUT2D eigenvalue weighted by Gasteiger charge is 2.44. The molecule has 0 bridgehead atoms. The molecule has 114 valence electrons. The molecule has 0 saturated heterocycles. The number of hydrogen-bond donors (Lipinski definition) is 1. The summed E-state index contributed by atoms with van der Waals surface area (Å²) in [5.41, 5.74) is 1.12. The van der Waals surface area contributed by atoms with Gasteiger partial charge in [0.2, 0.25) is 0 Å². The number of rotatable bonds is 7. The Kier molecular flexibility index (Phi) is 5.64. The van der Waals surface area contributed by atoms with Crippen molar-refractivity contribution in [3.8, 4) is 0 Å². The first-order valence-electron chi connectivity index (χ1n) is 7.69. The molecule has 0 amide bonds. The van der Waals surface area contributed by atoms with Gasteiger partial charge in [-0.2, -0.15) is 5.10 Å². The highest BCUT2D eigenvalue weighted by Crippen LogP contribution is 2.44. The van der Waals surface area contributed by atoms with Gasteiger partial charge in [0.1, 0.15) is 0 Å². The first-order chi connectivity index (χ1) is 9.64. The Morgan fingerprint density at radius 1 is 1.45 bits per heavy atom. The zero-order valence-electron chi connectivity index (χ0n) is 12.8. The summed E-state index contributed by atoms with van der Waals surface area (Å²) in [5, 5.41) is 8.09. The van der Waals surface area contributed by atoms with E-state index in [0.29, 0.717) is 0 Å². The van der Waals surface area contributed by atoms with Gasteiger partial charge in [-0.15, -0.1) is 0 Å². The van der Waals surface area contributed by atoms with Gasteiger partial charge >= 0.3 is 0 Å². The second kappa shape index (κ2) is 7.05. The van der Waals surface area contributed by atoms with Crippen LogP contribution in [0.3, 0.4) is 0 Å². The summed E-state index contributed by atoms with van der Waals surface area (Å²) in [6, 6.07) is 0.201. The summed E-state index contributed by atoms with van der Waals surface area (Å²) in [7, 11) is 2.01. The molecule has 1 aromatic heterocycles. The molecule has 1 heterocycles. The second-order valence-electron chi connectivity index (χ2n) is 5.59. The molecule has 1 N–H and O–H groups in total. The quantitative estimate of drug-likeness (QED) is 0.822. The summed E-state index contributed by atoms with van der Waals surface area (Å²) in [6.07, 6.45) is 7.75. The molecule has 1 aromatic rings. The van der Waals surface area contributed by atoms with Crippen LogP contribution >= 0.6 is 15.9 Å². The van der Waals surface area contributed by atoms with Crippen LogP contribution in [0.4, 0.5) is 0 Å². The van der Waals surface area contributed by atoms with Crippen molar-refractivity contribution in [2.24, 2.45) is 7.05 Å². The Morgan fingerprint density at radius 3 is 2.65 bits per heavy atom. The van der Waals surface area contributed by atoms with Crippen LogP contribution in [0.15, 0.2) is 10.7 Å². The molecule has 1 aliphatic rings.